The van der Waals surface area contributed by atoms with Crippen LogP contribution in [0.5, 0.6) is 5.75 Å². The molecule has 0 saturated heterocycles. The third-order valence-corrected chi connectivity index (χ3v) is 3.52. The van der Waals surface area contributed by atoms with Crippen molar-refractivity contribution in [3.63, 3.8) is 0 Å². The third kappa shape index (κ3) is 4.49. The van der Waals surface area contributed by atoms with E-state index in [1.54, 1.807) is 31.4 Å². The van der Waals surface area contributed by atoms with Crippen LogP contribution in [0, 0.1) is 0 Å². The maximum absolute atomic E-state index is 12.6. The highest BCUT2D eigenvalue weighted by Gasteiger charge is 2.20. The molecule has 1 atom stereocenters. The van der Waals surface area contributed by atoms with Gasteiger partial charge < -0.3 is 15.4 Å². The molecule has 0 fully saturated rings. The Morgan fingerprint density at radius 2 is 2.00 bits per heavy atom. The summed E-state index contributed by atoms with van der Waals surface area (Å²) >= 11 is 4.90. The zero-order valence-electron chi connectivity index (χ0n) is 12.3. The average molecular weight is 294 g/mol. The second-order valence-electron chi connectivity index (χ2n) is 4.70. The van der Waals surface area contributed by atoms with Crippen molar-refractivity contribution in [3.8, 4) is 5.75 Å². The summed E-state index contributed by atoms with van der Waals surface area (Å²) in [7, 11) is 1.60. The van der Waals surface area contributed by atoms with Gasteiger partial charge in [-0.05, 0) is 37.6 Å². The fraction of sp³-hybridized carbons (Fsp3) is 0.467. The molecule has 0 aliphatic carbocycles. The van der Waals surface area contributed by atoms with Crippen LogP contribution in [-0.4, -0.2) is 35.5 Å². The monoisotopic (exact) mass is 294 g/mol. The largest absolute Gasteiger partial charge is 0.497 e. The number of nitrogens with two attached hydrogens (primary N) is 1. The van der Waals surface area contributed by atoms with Crippen molar-refractivity contribution in [1.29, 1.82) is 0 Å². The van der Waals surface area contributed by atoms with Crippen LogP contribution in [-0.2, 0) is 0 Å². The molecule has 4 nitrogen and oxygen atoms in total. The van der Waals surface area contributed by atoms with Crippen molar-refractivity contribution in [1.82, 2.24) is 4.90 Å². The number of carbonyl (C=O) groups excluding carboxylic acids is 1. The van der Waals surface area contributed by atoms with E-state index in [1.807, 2.05) is 11.8 Å². The zero-order chi connectivity index (χ0) is 15.1. The Labute approximate surface area is 125 Å². The van der Waals surface area contributed by atoms with E-state index in [4.69, 9.17) is 22.7 Å². The molecule has 0 radical (unpaired) electrons. The number of ether oxygens (including phenoxy) is 1. The molecule has 0 aromatic heterocycles. The van der Waals surface area contributed by atoms with E-state index in [1.165, 1.54) is 0 Å². The van der Waals surface area contributed by atoms with Crippen LogP contribution in [0.3, 0.4) is 0 Å². The number of rotatable bonds is 7. The number of hydrogen-bond acceptors (Lipinski definition) is 3. The Balaban J connectivity index is 2.87. The molecular formula is C15H22N2O2S. The zero-order valence-corrected chi connectivity index (χ0v) is 13.1. The van der Waals surface area contributed by atoms with Crippen molar-refractivity contribution in [2.45, 2.75) is 32.7 Å². The van der Waals surface area contributed by atoms with E-state index < -0.39 is 0 Å². The predicted molar refractivity (Wildman–Crippen MR) is 85.2 cm³/mol. The normalized spacial score (nSPS) is 11.8. The van der Waals surface area contributed by atoms with Crippen molar-refractivity contribution in [2.24, 2.45) is 5.73 Å². The Kier molecular flexibility index (Phi) is 6.45. The first-order valence-corrected chi connectivity index (χ1v) is 7.13. The van der Waals surface area contributed by atoms with E-state index in [9.17, 15) is 4.79 Å². The van der Waals surface area contributed by atoms with Gasteiger partial charge in [0.25, 0.3) is 5.91 Å². The second kappa shape index (κ2) is 7.85. The molecule has 2 N–H and O–H groups in total. The Morgan fingerprint density at radius 3 is 2.45 bits per heavy atom. The van der Waals surface area contributed by atoms with Gasteiger partial charge in [0.15, 0.2) is 0 Å². The van der Waals surface area contributed by atoms with Gasteiger partial charge in [-0.3, -0.25) is 4.79 Å². The molecule has 1 unspecified atom stereocenters. The molecule has 0 spiro atoms. The molecule has 20 heavy (non-hydrogen) atoms. The summed E-state index contributed by atoms with van der Waals surface area (Å²) in [6, 6.07) is 7.28. The Bertz CT molecular complexity index is 459. The molecule has 0 bridgehead atoms. The predicted octanol–water partition coefficient (Wildman–Crippen LogP) is 2.61. The van der Waals surface area contributed by atoms with Gasteiger partial charge in [-0.15, -0.1) is 0 Å². The second-order valence-corrected chi connectivity index (χ2v) is 5.23. The van der Waals surface area contributed by atoms with E-state index in [0.29, 0.717) is 23.5 Å². The summed E-state index contributed by atoms with van der Waals surface area (Å²) in [5, 5.41) is 0. The molecule has 1 aromatic carbocycles. The Hall–Kier alpha value is -1.62. The third-order valence-electron chi connectivity index (χ3n) is 3.32. The highest BCUT2D eigenvalue weighted by Crippen LogP contribution is 2.15. The van der Waals surface area contributed by atoms with Gasteiger partial charge in [0.2, 0.25) is 0 Å². The first kappa shape index (κ1) is 16.4. The SMILES string of the molecule is CCC(C)N(CCC(N)=S)C(=O)c1ccc(OC)cc1. The van der Waals surface area contributed by atoms with Crippen LogP contribution in [0.1, 0.15) is 37.0 Å². The highest BCUT2D eigenvalue weighted by atomic mass is 32.1. The smallest absolute Gasteiger partial charge is 0.254 e. The summed E-state index contributed by atoms with van der Waals surface area (Å²) in [4.78, 5) is 14.8. The van der Waals surface area contributed by atoms with E-state index in [2.05, 4.69) is 6.92 Å². The van der Waals surface area contributed by atoms with Gasteiger partial charge in [0.05, 0.1) is 12.1 Å². The van der Waals surface area contributed by atoms with E-state index in [0.717, 1.165) is 12.2 Å². The van der Waals surface area contributed by atoms with Crippen molar-refractivity contribution >= 4 is 23.1 Å². The molecular weight excluding hydrogens is 272 g/mol. The van der Waals surface area contributed by atoms with Crippen molar-refractivity contribution < 1.29 is 9.53 Å². The van der Waals surface area contributed by atoms with E-state index in [-0.39, 0.29) is 11.9 Å². The van der Waals surface area contributed by atoms with Crippen LogP contribution in [0.15, 0.2) is 24.3 Å². The Morgan fingerprint density at radius 1 is 1.40 bits per heavy atom. The number of carbonyl (C=O) groups is 1. The number of thiocarbonyl (C=S) groups is 1. The maximum atomic E-state index is 12.6. The number of methoxy groups -OCH3 is 1. The number of benzene rings is 1. The first-order chi connectivity index (χ1) is 9.49. The number of hydrogen-bond donors (Lipinski definition) is 1. The molecule has 0 aliphatic heterocycles. The lowest BCUT2D eigenvalue weighted by Gasteiger charge is -2.28. The van der Waals surface area contributed by atoms with Crippen LogP contribution in [0.4, 0.5) is 0 Å². The van der Waals surface area contributed by atoms with Crippen LogP contribution in [0.2, 0.25) is 0 Å². The van der Waals surface area contributed by atoms with Gasteiger partial charge in [-0.1, -0.05) is 19.1 Å². The fourth-order valence-electron chi connectivity index (χ4n) is 1.87. The molecule has 0 aliphatic rings. The number of nitrogens with zero attached hydrogens (tertiary/aromatic N) is 1. The van der Waals surface area contributed by atoms with Gasteiger partial charge in [0.1, 0.15) is 5.75 Å². The topological polar surface area (TPSA) is 55.6 Å². The summed E-state index contributed by atoms with van der Waals surface area (Å²) < 4.78 is 5.10. The minimum absolute atomic E-state index is 0.00162. The average Bonchev–Trinajstić information content (AvgIpc) is 2.46. The first-order valence-electron chi connectivity index (χ1n) is 6.72. The lowest BCUT2D eigenvalue weighted by Crippen LogP contribution is -2.40. The molecule has 0 saturated carbocycles. The van der Waals surface area contributed by atoms with Gasteiger partial charge in [0, 0.05) is 24.6 Å². The van der Waals surface area contributed by atoms with Crippen molar-refractivity contribution in [2.75, 3.05) is 13.7 Å². The molecule has 5 heteroatoms. The molecule has 1 amide bonds. The summed E-state index contributed by atoms with van der Waals surface area (Å²) in [6.07, 6.45) is 1.43. The molecule has 0 heterocycles. The van der Waals surface area contributed by atoms with Crippen LogP contribution < -0.4 is 10.5 Å². The van der Waals surface area contributed by atoms with Gasteiger partial charge >= 0.3 is 0 Å². The van der Waals surface area contributed by atoms with Gasteiger partial charge in [-0.25, -0.2) is 0 Å². The quantitative estimate of drug-likeness (QED) is 0.785. The van der Waals surface area contributed by atoms with Crippen LogP contribution in [0.25, 0.3) is 0 Å². The minimum Gasteiger partial charge on any atom is -0.497 e. The standard InChI is InChI=1S/C15H22N2O2S/c1-4-11(2)17(10-9-14(16)20)15(18)12-5-7-13(19-3)8-6-12/h5-8,11H,4,9-10H2,1-3H3,(H2,16,20). The summed E-state index contributed by atoms with van der Waals surface area (Å²) in [5.41, 5.74) is 6.18. The highest BCUT2D eigenvalue weighted by molar-refractivity contribution is 7.80. The lowest BCUT2D eigenvalue weighted by atomic mass is 10.1. The summed E-state index contributed by atoms with van der Waals surface area (Å²) in [6.45, 7) is 4.63. The maximum Gasteiger partial charge on any atom is 0.254 e. The minimum atomic E-state index is -0.00162. The van der Waals surface area contributed by atoms with Gasteiger partial charge in [-0.2, -0.15) is 0 Å². The van der Waals surface area contributed by atoms with Crippen LogP contribution >= 0.6 is 12.2 Å². The molecule has 110 valence electrons. The summed E-state index contributed by atoms with van der Waals surface area (Å²) in [5.74, 6) is 0.734. The fourth-order valence-corrected chi connectivity index (χ4v) is 1.96. The molecule has 1 rings (SSSR count). The number of amides is 1. The van der Waals surface area contributed by atoms with Crippen molar-refractivity contribution in [3.05, 3.63) is 29.8 Å². The van der Waals surface area contributed by atoms with E-state index >= 15 is 0 Å². The molecule has 1 aromatic rings. The lowest BCUT2D eigenvalue weighted by molar-refractivity contribution is 0.0694.